The lowest BCUT2D eigenvalue weighted by Gasteiger charge is -2.29. The average Bonchev–Trinajstić information content (AvgIpc) is 3.39. The van der Waals surface area contributed by atoms with Crippen LogP contribution >= 0.6 is 22.9 Å². The van der Waals surface area contributed by atoms with Gasteiger partial charge in [0, 0.05) is 52.2 Å². The van der Waals surface area contributed by atoms with Gasteiger partial charge in [0.1, 0.15) is 18.1 Å². The topological polar surface area (TPSA) is 106 Å². The summed E-state index contributed by atoms with van der Waals surface area (Å²) >= 11 is 7.72. The van der Waals surface area contributed by atoms with Gasteiger partial charge in [-0.1, -0.05) is 25.4 Å². The van der Waals surface area contributed by atoms with Crippen LogP contribution in [-0.2, 0) is 20.2 Å². The van der Waals surface area contributed by atoms with Crippen molar-refractivity contribution in [2.24, 2.45) is 0 Å². The number of morpholine rings is 1. The molecule has 252 valence electrons. The van der Waals surface area contributed by atoms with Gasteiger partial charge in [0.15, 0.2) is 0 Å². The lowest BCUT2D eigenvalue weighted by Crippen LogP contribution is -2.38. The fraction of sp³-hybridized carbons (Fsp3) is 0.344. The van der Waals surface area contributed by atoms with Crippen LogP contribution in [0.1, 0.15) is 34.6 Å². The number of ether oxygens (including phenoxy) is 3. The monoisotopic (exact) mass is 711 g/mol. The van der Waals surface area contributed by atoms with Gasteiger partial charge >= 0.3 is 6.36 Å². The van der Waals surface area contributed by atoms with E-state index in [0.717, 1.165) is 24.0 Å². The second kappa shape index (κ2) is 13.9. The number of amides is 1. The summed E-state index contributed by atoms with van der Waals surface area (Å²) in [6, 6.07) is 15.8. The minimum absolute atomic E-state index is 0.221. The highest BCUT2D eigenvalue weighted by atomic mass is 35.5. The molecule has 2 N–H and O–H groups in total. The normalized spacial score (nSPS) is 14.6. The molecule has 1 aliphatic heterocycles. The zero-order valence-corrected chi connectivity index (χ0v) is 28.1. The number of alkyl halides is 3. The molecule has 47 heavy (non-hydrogen) atoms. The quantitative estimate of drug-likeness (QED) is 0.171. The molecule has 2 heterocycles. The van der Waals surface area contributed by atoms with E-state index >= 15 is 0 Å². The Hall–Kier alpha value is -3.56. The minimum Gasteiger partial charge on any atom is -0.492 e. The Bertz CT molecular complexity index is 1880. The molecular weight excluding hydrogens is 679 g/mol. The van der Waals surface area contributed by atoms with Crippen LogP contribution in [0.15, 0.2) is 60.7 Å². The van der Waals surface area contributed by atoms with Gasteiger partial charge in [0.2, 0.25) is 10.0 Å². The van der Waals surface area contributed by atoms with Crippen LogP contribution in [0, 0.1) is 0 Å². The van der Waals surface area contributed by atoms with E-state index in [1.165, 1.54) is 23.5 Å². The fourth-order valence-corrected chi connectivity index (χ4v) is 6.87. The van der Waals surface area contributed by atoms with Gasteiger partial charge in [-0.3, -0.25) is 14.4 Å². The Morgan fingerprint density at radius 2 is 1.68 bits per heavy atom. The van der Waals surface area contributed by atoms with Crippen molar-refractivity contribution in [1.82, 2.24) is 4.90 Å². The number of fused-ring (bicyclic) bond motifs is 1. The Kier molecular flexibility index (Phi) is 10.3. The first-order valence-corrected chi connectivity index (χ1v) is 17.6. The maximum atomic E-state index is 13.3. The van der Waals surface area contributed by atoms with Crippen LogP contribution in [0.5, 0.6) is 11.5 Å². The first-order valence-electron chi connectivity index (χ1n) is 14.5. The fourth-order valence-electron chi connectivity index (χ4n) is 5.14. The third-order valence-corrected chi connectivity index (χ3v) is 9.48. The lowest BCUT2D eigenvalue weighted by molar-refractivity contribution is -0.274. The van der Waals surface area contributed by atoms with E-state index in [1.54, 1.807) is 48.5 Å². The number of nitrogens with one attached hydrogen (secondary N) is 2. The van der Waals surface area contributed by atoms with Gasteiger partial charge in [-0.15, -0.1) is 24.5 Å². The Labute approximate surface area is 279 Å². The predicted molar refractivity (Wildman–Crippen MR) is 178 cm³/mol. The first kappa shape index (κ1) is 34.8. The molecule has 15 heteroatoms. The molecule has 3 aromatic carbocycles. The number of benzene rings is 3. The minimum atomic E-state index is -4.90. The number of hydrogen-bond donors (Lipinski definition) is 2. The highest BCUT2D eigenvalue weighted by Gasteiger charge is 2.33. The maximum Gasteiger partial charge on any atom is 0.573 e. The molecule has 0 aliphatic carbocycles. The van der Waals surface area contributed by atoms with Gasteiger partial charge in [0.25, 0.3) is 5.91 Å². The van der Waals surface area contributed by atoms with Crippen LogP contribution in [0.4, 0.5) is 24.5 Å². The number of halogens is 4. The summed E-state index contributed by atoms with van der Waals surface area (Å²) in [5.41, 5.74) is 0.951. The van der Waals surface area contributed by atoms with Crippen molar-refractivity contribution in [3.8, 4) is 11.5 Å². The molecule has 1 amide bonds. The summed E-state index contributed by atoms with van der Waals surface area (Å²) < 4.78 is 81.8. The third kappa shape index (κ3) is 9.51. The van der Waals surface area contributed by atoms with E-state index < -0.39 is 33.5 Å². The van der Waals surface area contributed by atoms with Crippen molar-refractivity contribution in [2.75, 3.05) is 55.7 Å². The lowest BCUT2D eigenvalue weighted by atomic mass is 9.78. The Morgan fingerprint density at radius 1 is 0.979 bits per heavy atom. The molecule has 0 bridgehead atoms. The summed E-state index contributed by atoms with van der Waals surface area (Å²) in [5.74, 6) is -0.607. The summed E-state index contributed by atoms with van der Waals surface area (Å²) in [5, 5.41) is 3.85. The van der Waals surface area contributed by atoms with E-state index in [-0.39, 0.29) is 12.4 Å². The van der Waals surface area contributed by atoms with Gasteiger partial charge < -0.3 is 19.5 Å². The number of nitrogens with zero attached hydrogens (tertiary/aromatic N) is 1. The number of carbonyl (C=O) groups is 1. The second-order valence-electron chi connectivity index (χ2n) is 11.6. The van der Waals surface area contributed by atoms with Gasteiger partial charge in [-0.2, -0.15) is 0 Å². The van der Waals surface area contributed by atoms with E-state index in [0.29, 0.717) is 57.5 Å². The number of sulfonamides is 1. The van der Waals surface area contributed by atoms with Gasteiger partial charge in [-0.25, -0.2) is 8.42 Å². The SMILES string of the molecule is CC(C)(c1cc(Cl)cc(NC(=O)c2cc3cc(NS(C)(=O)=O)ccc3s2)c1)c1cc(OCCN2CCOCC2)cc(OC(F)(F)F)c1. The Morgan fingerprint density at radius 3 is 2.38 bits per heavy atom. The molecule has 5 rings (SSSR count). The molecule has 0 spiro atoms. The molecular formula is C32H33ClF3N3O6S2. The average molecular weight is 712 g/mol. The molecule has 4 aromatic rings. The van der Waals surface area contributed by atoms with Crippen molar-refractivity contribution >= 4 is 60.3 Å². The highest BCUT2D eigenvalue weighted by Crippen LogP contribution is 2.39. The zero-order chi connectivity index (χ0) is 34.0. The van der Waals surface area contributed by atoms with E-state index in [1.807, 2.05) is 13.8 Å². The van der Waals surface area contributed by atoms with Gasteiger partial charge in [0.05, 0.1) is 24.3 Å². The van der Waals surface area contributed by atoms with Crippen molar-refractivity contribution in [3.05, 3.63) is 81.7 Å². The van der Waals surface area contributed by atoms with Crippen LogP contribution in [0.3, 0.4) is 0 Å². The molecule has 0 saturated carbocycles. The zero-order valence-electron chi connectivity index (χ0n) is 25.7. The molecule has 0 atom stereocenters. The largest absolute Gasteiger partial charge is 0.573 e. The number of carbonyl (C=O) groups excluding carboxylic acids is 1. The first-order chi connectivity index (χ1) is 22.0. The summed E-state index contributed by atoms with van der Waals surface area (Å²) in [4.78, 5) is 15.8. The standard InChI is InChI=1S/C32H33ClF3N3O6S2/c1-31(2,22-16-26(19-27(17-22)45-32(34,35)36)44-11-8-39-6-9-43-10-7-39)21-14-23(33)18-25(15-21)37-30(40)29-13-20-12-24(38-47(3,41)42)4-5-28(20)46-29/h4-5,12-19,38H,6-11H2,1-3H3,(H,37,40). The molecule has 1 saturated heterocycles. The van der Waals surface area contributed by atoms with Crippen LogP contribution in [-0.4, -0.2) is 71.3 Å². The third-order valence-electron chi connectivity index (χ3n) is 7.54. The van der Waals surface area contributed by atoms with Crippen molar-refractivity contribution in [1.29, 1.82) is 0 Å². The van der Waals surface area contributed by atoms with Crippen LogP contribution < -0.4 is 19.5 Å². The van der Waals surface area contributed by atoms with Crippen molar-refractivity contribution in [3.63, 3.8) is 0 Å². The number of thiophene rings is 1. The molecule has 1 fully saturated rings. The molecule has 0 unspecified atom stereocenters. The van der Waals surface area contributed by atoms with Gasteiger partial charge in [-0.05, 0) is 71.1 Å². The maximum absolute atomic E-state index is 13.3. The van der Waals surface area contributed by atoms with E-state index in [4.69, 9.17) is 21.1 Å². The van der Waals surface area contributed by atoms with E-state index in [9.17, 15) is 26.4 Å². The smallest absolute Gasteiger partial charge is 0.492 e. The van der Waals surface area contributed by atoms with Crippen molar-refractivity contribution in [2.45, 2.75) is 25.6 Å². The summed E-state index contributed by atoms with van der Waals surface area (Å²) in [6.07, 6.45) is -3.85. The summed E-state index contributed by atoms with van der Waals surface area (Å²) in [6.45, 7) is 7.22. The predicted octanol–water partition coefficient (Wildman–Crippen LogP) is 7.11. The number of anilines is 2. The number of hydrogen-bond acceptors (Lipinski definition) is 8. The Balaban J connectivity index is 1.38. The molecule has 1 aromatic heterocycles. The van der Waals surface area contributed by atoms with Crippen LogP contribution in [0.2, 0.25) is 5.02 Å². The number of rotatable bonds is 11. The van der Waals surface area contributed by atoms with E-state index in [2.05, 4.69) is 19.7 Å². The molecule has 9 nitrogen and oxygen atoms in total. The highest BCUT2D eigenvalue weighted by molar-refractivity contribution is 7.92. The molecule has 1 aliphatic rings. The molecule has 0 radical (unpaired) electrons. The van der Waals surface area contributed by atoms with Crippen LogP contribution in [0.25, 0.3) is 10.1 Å². The second-order valence-corrected chi connectivity index (χ2v) is 14.9. The summed E-state index contributed by atoms with van der Waals surface area (Å²) in [7, 11) is -3.47. The van der Waals surface area contributed by atoms with Crippen molar-refractivity contribution < 1.29 is 40.6 Å².